The minimum Gasteiger partial charge on any atom is -0.468 e. The Balaban J connectivity index is 2.19. The second-order valence-electron chi connectivity index (χ2n) is 5.64. The van der Waals surface area contributed by atoms with Gasteiger partial charge in [0, 0.05) is 18.4 Å². The van der Waals surface area contributed by atoms with E-state index in [4.69, 9.17) is 4.74 Å². The van der Waals surface area contributed by atoms with Gasteiger partial charge < -0.3 is 4.74 Å². The summed E-state index contributed by atoms with van der Waals surface area (Å²) in [4.78, 5) is 14.4. The van der Waals surface area contributed by atoms with Crippen LogP contribution in [-0.4, -0.2) is 35.9 Å². The van der Waals surface area contributed by atoms with Crippen molar-refractivity contribution in [2.75, 3.05) is 19.0 Å². The van der Waals surface area contributed by atoms with E-state index in [0.717, 1.165) is 24.8 Å². The van der Waals surface area contributed by atoms with Crippen molar-refractivity contribution in [3.05, 3.63) is 35.9 Å². The average Bonchev–Trinajstić information content (AvgIpc) is 2.47. The number of hydrogen-bond donors (Lipinski definition) is 0. The zero-order valence-electron chi connectivity index (χ0n) is 12.1. The summed E-state index contributed by atoms with van der Waals surface area (Å²) in [7, 11) is 1.48. The third-order valence-corrected chi connectivity index (χ3v) is 4.79. The predicted molar refractivity (Wildman–Crippen MR) is 83.7 cm³/mol. The van der Waals surface area contributed by atoms with Crippen LogP contribution in [0.4, 0.5) is 0 Å². The van der Waals surface area contributed by atoms with Gasteiger partial charge in [0.2, 0.25) is 0 Å². The minimum atomic E-state index is -0.143. The summed E-state index contributed by atoms with van der Waals surface area (Å²) in [6, 6.07) is 10.2. The molecular weight excluding hydrogens is 318 g/mol. The van der Waals surface area contributed by atoms with Gasteiger partial charge in [-0.2, -0.15) is 0 Å². The molecule has 1 fully saturated rings. The van der Waals surface area contributed by atoms with Gasteiger partial charge in [-0.25, -0.2) is 0 Å². The molecule has 3 atom stereocenters. The van der Waals surface area contributed by atoms with Crippen molar-refractivity contribution in [2.24, 2.45) is 11.8 Å². The van der Waals surface area contributed by atoms with Crippen LogP contribution in [0.5, 0.6) is 0 Å². The van der Waals surface area contributed by atoms with Crippen molar-refractivity contribution in [3.8, 4) is 0 Å². The molecule has 110 valence electrons. The maximum atomic E-state index is 12.2. The van der Waals surface area contributed by atoms with Crippen LogP contribution >= 0.6 is 15.9 Å². The molecule has 0 bridgehead atoms. The van der Waals surface area contributed by atoms with Gasteiger partial charge in [0.05, 0.1) is 7.11 Å². The number of methoxy groups -OCH3 is 1. The second kappa shape index (κ2) is 7.23. The molecule has 0 spiro atoms. The molecule has 0 N–H and O–H groups in total. The van der Waals surface area contributed by atoms with Crippen molar-refractivity contribution < 1.29 is 9.53 Å². The van der Waals surface area contributed by atoms with Gasteiger partial charge >= 0.3 is 5.97 Å². The summed E-state index contributed by atoms with van der Waals surface area (Å²) in [5.41, 5.74) is 1.24. The fourth-order valence-electron chi connectivity index (χ4n) is 3.12. The number of carbonyl (C=O) groups is 1. The molecule has 0 saturated carbocycles. The molecule has 1 saturated heterocycles. The molecule has 0 radical (unpaired) electrons. The normalized spacial score (nSPS) is 27.2. The Morgan fingerprint density at radius 3 is 2.70 bits per heavy atom. The van der Waals surface area contributed by atoms with E-state index < -0.39 is 0 Å². The molecule has 1 heterocycles. The van der Waals surface area contributed by atoms with E-state index in [9.17, 15) is 4.79 Å². The highest BCUT2D eigenvalue weighted by Gasteiger charge is 2.39. The molecule has 3 nitrogen and oxygen atoms in total. The van der Waals surface area contributed by atoms with Gasteiger partial charge in [0.25, 0.3) is 0 Å². The smallest absolute Gasteiger partial charge is 0.323 e. The molecule has 1 aromatic rings. The Morgan fingerprint density at radius 2 is 2.10 bits per heavy atom. The summed E-state index contributed by atoms with van der Waals surface area (Å²) in [6.45, 7) is 3.99. The maximum absolute atomic E-state index is 12.2. The van der Waals surface area contributed by atoms with E-state index in [1.54, 1.807) is 0 Å². The number of ether oxygens (including phenoxy) is 1. The zero-order chi connectivity index (χ0) is 14.5. The van der Waals surface area contributed by atoms with Gasteiger partial charge in [0.1, 0.15) is 6.04 Å². The summed E-state index contributed by atoms with van der Waals surface area (Å²) < 4.78 is 5.02. The zero-order valence-corrected chi connectivity index (χ0v) is 13.7. The number of likely N-dealkylation sites (tertiary alicyclic amines) is 1. The van der Waals surface area contributed by atoms with Crippen molar-refractivity contribution in [2.45, 2.75) is 25.9 Å². The Labute approximate surface area is 129 Å². The molecular formula is C16H22BrNO2. The average molecular weight is 340 g/mol. The van der Waals surface area contributed by atoms with E-state index >= 15 is 0 Å². The highest BCUT2D eigenvalue weighted by molar-refractivity contribution is 9.09. The van der Waals surface area contributed by atoms with Crippen molar-refractivity contribution in [3.63, 3.8) is 0 Å². The lowest BCUT2D eigenvalue weighted by Gasteiger charge is -2.41. The SMILES string of the molecule is COC(=O)[C@@H]1[C@H](CBr)C[C@@H](C)CN1Cc1ccccc1. The number of esters is 1. The van der Waals surface area contributed by atoms with E-state index in [0.29, 0.717) is 11.8 Å². The molecule has 0 aromatic heterocycles. The molecule has 1 aliphatic heterocycles. The van der Waals surface area contributed by atoms with Gasteiger partial charge in [-0.15, -0.1) is 0 Å². The number of benzene rings is 1. The number of nitrogens with zero attached hydrogens (tertiary/aromatic N) is 1. The first-order valence-electron chi connectivity index (χ1n) is 7.07. The Bertz CT molecular complexity index is 437. The van der Waals surface area contributed by atoms with Crippen LogP contribution in [0, 0.1) is 11.8 Å². The molecule has 1 aromatic carbocycles. The maximum Gasteiger partial charge on any atom is 0.323 e. The van der Waals surface area contributed by atoms with Crippen molar-refractivity contribution in [1.82, 2.24) is 4.90 Å². The predicted octanol–water partition coefficient (Wildman–Crippen LogP) is 3.08. The van der Waals surface area contributed by atoms with E-state index in [-0.39, 0.29) is 12.0 Å². The number of piperidine rings is 1. The number of hydrogen-bond acceptors (Lipinski definition) is 3. The quantitative estimate of drug-likeness (QED) is 0.623. The lowest BCUT2D eigenvalue weighted by atomic mass is 9.84. The summed E-state index contributed by atoms with van der Waals surface area (Å²) in [5.74, 6) is 0.800. The van der Waals surface area contributed by atoms with E-state index in [1.807, 2.05) is 18.2 Å². The van der Waals surface area contributed by atoms with Crippen LogP contribution < -0.4 is 0 Å². The standard InChI is InChI=1S/C16H22BrNO2/c1-12-8-14(9-17)15(16(19)20-2)18(10-12)11-13-6-4-3-5-7-13/h3-7,12,14-15H,8-11H2,1-2H3/t12-,14+,15+/m1/s1. The van der Waals surface area contributed by atoms with Gasteiger partial charge in [0.15, 0.2) is 0 Å². The third kappa shape index (κ3) is 3.61. The fraction of sp³-hybridized carbons (Fsp3) is 0.562. The van der Waals surface area contributed by atoms with Crippen molar-refractivity contribution >= 4 is 21.9 Å². The third-order valence-electron chi connectivity index (χ3n) is 3.96. The molecule has 20 heavy (non-hydrogen) atoms. The molecule has 4 heteroatoms. The second-order valence-corrected chi connectivity index (χ2v) is 6.29. The van der Waals surface area contributed by atoms with E-state index in [2.05, 4.69) is 39.9 Å². The molecule has 0 amide bonds. The van der Waals surface area contributed by atoms with E-state index in [1.165, 1.54) is 12.7 Å². The van der Waals surface area contributed by atoms with Gasteiger partial charge in [-0.05, 0) is 23.8 Å². The molecule has 0 aliphatic carbocycles. The molecule has 0 unspecified atom stereocenters. The molecule has 2 rings (SSSR count). The lowest BCUT2D eigenvalue weighted by molar-refractivity contribution is -0.151. The van der Waals surface area contributed by atoms with Crippen LogP contribution in [0.3, 0.4) is 0 Å². The van der Waals surface area contributed by atoms with Gasteiger partial charge in [-0.1, -0.05) is 53.2 Å². The number of carbonyl (C=O) groups excluding carboxylic acids is 1. The molecule has 1 aliphatic rings. The van der Waals surface area contributed by atoms with Crippen molar-refractivity contribution in [1.29, 1.82) is 0 Å². The highest BCUT2D eigenvalue weighted by atomic mass is 79.9. The van der Waals surface area contributed by atoms with Crippen LogP contribution in [0.2, 0.25) is 0 Å². The summed E-state index contributed by atoms with van der Waals surface area (Å²) in [5, 5.41) is 0.836. The Kier molecular flexibility index (Phi) is 5.61. The monoisotopic (exact) mass is 339 g/mol. The lowest BCUT2D eigenvalue weighted by Crippen LogP contribution is -2.52. The van der Waals surface area contributed by atoms with Crippen LogP contribution in [0.15, 0.2) is 30.3 Å². The van der Waals surface area contributed by atoms with Crippen LogP contribution in [0.25, 0.3) is 0 Å². The number of rotatable bonds is 4. The first kappa shape index (κ1) is 15.5. The summed E-state index contributed by atoms with van der Waals surface area (Å²) >= 11 is 3.55. The first-order valence-corrected chi connectivity index (χ1v) is 8.19. The fourth-order valence-corrected chi connectivity index (χ4v) is 3.74. The largest absolute Gasteiger partial charge is 0.468 e. The Hall–Kier alpha value is -0.870. The first-order chi connectivity index (χ1) is 9.65. The topological polar surface area (TPSA) is 29.5 Å². The summed E-state index contributed by atoms with van der Waals surface area (Å²) in [6.07, 6.45) is 1.07. The Morgan fingerprint density at radius 1 is 1.40 bits per heavy atom. The van der Waals surface area contributed by atoms with Crippen LogP contribution in [0.1, 0.15) is 18.9 Å². The van der Waals surface area contributed by atoms with Gasteiger partial charge in [-0.3, -0.25) is 9.69 Å². The highest BCUT2D eigenvalue weighted by Crippen LogP contribution is 2.30. The number of alkyl halides is 1. The minimum absolute atomic E-state index is 0.114. The number of halogens is 1. The van der Waals surface area contributed by atoms with Crippen LogP contribution in [-0.2, 0) is 16.1 Å².